The second kappa shape index (κ2) is 10.4. The molecule has 0 saturated carbocycles. The summed E-state index contributed by atoms with van der Waals surface area (Å²) in [6, 6.07) is 5.19. The van der Waals surface area contributed by atoms with Crippen LogP contribution >= 0.6 is 0 Å². The summed E-state index contributed by atoms with van der Waals surface area (Å²) in [7, 11) is 0. The van der Waals surface area contributed by atoms with E-state index in [0.717, 1.165) is 63.9 Å². The van der Waals surface area contributed by atoms with Crippen molar-refractivity contribution in [2.45, 2.75) is 64.8 Å². The topological polar surface area (TPSA) is 73.2 Å². The number of aromatic nitrogens is 2. The molecule has 0 unspecified atom stereocenters. The molecule has 1 aromatic carbocycles. The van der Waals surface area contributed by atoms with Crippen molar-refractivity contribution in [2.75, 3.05) is 19.8 Å². The van der Waals surface area contributed by atoms with Gasteiger partial charge in [0.05, 0.1) is 10.9 Å². The Bertz CT molecular complexity index is 860. The van der Waals surface area contributed by atoms with Crippen molar-refractivity contribution in [2.24, 2.45) is 0 Å². The molecule has 2 heterocycles. The molecule has 0 bridgehead atoms. The van der Waals surface area contributed by atoms with Gasteiger partial charge in [-0.25, -0.2) is 4.98 Å². The van der Waals surface area contributed by atoms with Gasteiger partial charge in [-0.3, -0.25) is 14.2 Å². The molecule has 1 aliphatic rings. The van der Waals surface area contributed by atoms with Crippen molar-refractivity contribution >= 4 is 16.8 Å². The molecule has 1 aromatic heterocycles. The molecule has 0 spiro atoms. The number of nitrogens with one attached hydrogen (secondary N) is 1. The monoisotopic (exact) mass is 385 g/mol. The van der Waals surface area contributed by atoms with E-state index >= 15 is 0 Å². The van der Waals surface area contributed by atoms with Crippen LogP contribution in [-0.2, 0) is 17.7 Å². The SMILES string of the molecule is CCCCOCCCNC(=O)c1ccc2c(=O)n3c(nc2c1)CCCCCC3. The van der Waals surface area contributed by atoms with E-state index in [9.17, 15) is 9.59 Å². The van der Waals surface area contributed by atoms with Crippen LogP contribution in [0.1, 0.15) is 68.1 Å². The first-order chi connectivity index (χ1) is 13.7. The molecule has 0 saturated heterocycles. The highest BCUT2D eigenvalue weighted by Crippen LogP contribution is 2.16. The van der Waals surface area contributed by atoms with Crippen LogP contribution in [-0.4, -0.2) is 35.2 Å². The molecule has 0 atom stereocenters. The van der Waals surface area contributed by atoms with Gasteiger partial charge in [0.25, 0.3) is 11.5 Å². The maximum Gasteiger partial charge on any atom is 0.261 e. The van der Waals surface area contributed by atoms with Crippen LogP contribution in [0.15, 0.2) is 23.0 Å². The molecule has 0 aliphatic carbocycles. The molecular formula is C22H31N3O3. The Morgan fingerprint density at radius 2 is 2.00 bits per heavy atom. The van der Waals surface area contributed by atoms with Crippen LogP contribution in [0.5, 0.6) is 0 Å². The first kappa shape index (κ1) is 20.5. The molecule has 2 aromatic rings. The Labute approximate surface area is 166 Å². The highest BCUT2D eigenvalue weighted by atomic mass is 16.5. The van der Waals surface area contributed by atoms with E-state index < -0.39 is 0 Å². The van der Waals surface area contributed by atoms with Gasteiger partial charge in [0, 0.05) is 38.3 Å². The van der Waals surface area contributed by atoms with Crippen molar-refractivity contribution in [1.82, 2.24) is 14.9 Å². The second-order valence-corrected chi connectivity index (χ2v) is 7.46. The third-order valence-electron chi connectivity index (χ3n) is 5.22. The molecular weight excluding hydrogens is 354 g/mol. The molecule has 6 nitrogen and oxygen atoms in total. The number of amides is 1. The number of aryl methyl sites for hydroxylation is 1. The normalized spacial score (nSPS) is 14.3. The van der Waals surface area contributed by atoms with Crippen molar-refractivity contribution in [3.63, 3.8) is 0 Å². The fourth-order valence-corrected chi connectivity index (χ4v) is 3.56. The van der Waals surface area contributed by atoms with Gasteiger partial charge in [-0.15, -0.1) is 0 Å². The summed E-state index contributed by atoms with van der Waals surface area (Å²) in [5.74, 6) is 0.711. The number of nitrogens with zero attached hydrogens (tertiary/aromatic N) is 2. The van der Waals surface area contributed by atoms with Crippen LogP contribution in [0, 0.1) is 0 Å². The lowest BCUT2D eigenvalue weighted by Crippen LogP contribution is -2.27. The predicted molar refractivity (Wildman–Crippen MR) is 111 cm³/mol. The quantitative estimate of drug-likeness (QED) is 0.707. The zero-order chi connectivity index (χ0) is 19.8. The van der Waals surface area contributed by atoms with Crippen LogP contribution in [0.25, 0.3) is 10.9 Å². The number of carbonyl (C=O) groups excluding carboxylic acids is 1. The first-order valence-corrected chi connectivity index (χ1v) is 10.6. The number of fused-ring (bicyclic) bond motifs is 2. The minimum atomic E-state index is -0.135. The van der Waals surface area contributed by atoms with Crippen molar-refractivity contribution in [3.05, 3.63) is 39.9 Å². The summed E-state index contributed by atoms with van der Waals surface area (Å²) in [5, 5.41) is 3.51. The predicted octanol–water partition coefficient (Wildman–Crippen LogP) is 3.45. The van der Waals surface area contributed by atoms with Gasteiger partial charge in [0.15, 0.2) is 0 Å². The highest BCUT2D eigenvalue weighted by Gasteiger charge is 2.14. The van der Waals surface area contributed by atoms with Gasteiger partial charge in [-0.05, 0) is 43.9 Å². The van der Waals surface area contributed by atoms with Crippen molar-refractivity contribution in [1.29, 1.82) is 0 Å². The standard InChI is InChI=1S/C22H31N3O3/c1-2-3-14-28-15-8-12-23-21(26)17-10-11-18-19(16-17)24-20-9-6-4-5-7-13-25(20)22(18)27/h10-11,16H,2-9,12-15H2,1H3,(H,23,26). The van der Waals surface area contributed by atoms with Gasteiger partial charge < -0.3 is 10.1 Å². The summed E-state index contributed by atoms with van der Waals surface area (Å²) in [4.78, 5) is 30.0. The maximum atomic E-state index is 12.8. The van der Waals surface area contributed by atoms with E-state index in [1.807, 2.05) is 4.57 Å². The summed E-state index contributed by atoms with van der Waals surface area (Å²) in [6.07, 6.45) is 8.21. The highest BCUT2D eigenvalue weighted by molar-refractivity contribution is 5.97. The van der Waals surface area contributed by atoms with E-state index in [4.69, 9.17) is 9.72 Å². The molecule has 3 rings (SSSR count). The van der Waals surface area contributed by atoms with Crippen LogP contribution in [0.2, 0.25) is 0 Å². The number of hydrogen-bond donors (Lipinski definition) is 1. The summed E-state index contributed by atoms with van der Waals surface area (Å²) < 4.78 is 7.33. The Hall–Kier alpha value is -2.21. The fourth-order valence-electron chi connectivity index (χ4n) is 3.56. The Morgan fingerprint density at radius 1 is 1.18 bits per heavy atom. The molecule has 1 amide bonds. The zero-order valence-corrected chi connectivity index (χ0v) is 16.8. The van der Waals surface area contributed by atoms with E-state index in [-0.39, 0.29) is 11.5 Å². The maximum absolute atomic E-state index is 12.8. The van der Waals surface area contributed by atoms with Gasteiger partial charge in [-0.2, -0.15) is 0 Å². The van der Waals surface area contributed by atoms with Crippen LogP contribution < -0.4 is 10.9 Å². The molecule has 28 heavy (non-hydrogen) atoms. The lowest BCUT2D eigenvalue weighted by Gasteiger charge is -2.16. The smallest absolute Gasteiger partial charge is 0.261 e. The number of ether oxygens (including phenoxy) is 1. The third-order valence-corrected chi connectivity index (χ3v) is 5.22. The molecule has 152 valence electrons. The van der Waals surface area contributed by atoms with E-state index in [0.29, 0.717) is 29.6 Å². The molecule has 0 fully saturated rings. The molecule has 6 heteroatoms. The molecule has 0 radical (unpaired) electrons. The summed E-state index contributed by atoms with van der Waals surface area (Å²) in [6.45, 7) is 4.88. The number of benzene rings is 1. The van der Waals surface area contributed by atoms with E-state index in [2.05, 4.69) is 12.2 Å². The average Bonchev–Trinajstić information content (AvgIpc) is 2.68. The van der Waals surface area contributed by atoms with Gasteiger partial charge in [0.2, 0.25) is 0 Å². The van der Waals surface area contributed by atoms with Gasteiger partial charge in [-0.1, -0.05) is 26.2 Å². The number of carbonyl (C=O) groups is 1. The lowest BCUT2D eigenvalue weighted by molar-refractivity contribution is 0.0940. The van der Waals surface area contributed by atoms with Crippen molar-refractivity contribution in [3.8, 4) is 0 Å². The van der Waals surface area contributed by atoms with Crippen molar-refractivity contribution < 1.29 is 9.53 Å². The minimum Gasteiger partial charge on any atom is -0.381 e. The fraction of sp³-hybridized carbons (Fsp3) is 0.591. The number of unbranched alkanes of at least 4 members (excludes halogenated alkanes) is 1. The minimum absolute atomic E-state index is 0.0121. The zero-order valence-electron chi connectivity index (χ0n) is 16.8. The summed E-state index contributed by atoms with van der Waals surface area (Å²) in [5.41, 5.74) is 1.17. The molecule has 1 N–H and O–H groups in total. The van der Waals surface area contributed by atoms with Gasteiger partial charge in [0.1, 0.15) is 5.82 Å². The lowest BCUT2D eigenvalue weighted by atomic mass is 10.1. The third kappa shape index (κ3) is 5.19. The first-order valence-electron chi connectivity index (χ1n) is 10.6. The second-order valence-electron chi connectivity index (χ2n) is 7.46. The van der Waals surface area contributed by atoms with Gasteiger partial charge >= 0.3 is 0 Å². The average molecular weight is 386 g/mol. The largest absolute Gasteiger partial charge is 0.381 e. The Balaban J connectivity index is 1.67. The Kier molecular flexibility index (Phi) is 7.60. The van der Waals surface area contributed by atoms with E-state index in [1.54, 1.807) is 18.2 Å². The van der Waals surface area contributed by atoms with E-state index in [1.165, 1.54) is 6.42 Å². The number of rotatable bonds is 8. The van der Waals surface area contributed by atoms with Crippen LogP contribution in [0.4, 0.5) is 0 Å². The Morgan fingerprint density at radius 3 is 2.86 bits per heavy atom. The summed E-state index contributed by atoms with van der Waals surface area (Å²) >= 11 is 0. The molecule has 1 aliphatic heterocycles. The number of hydrogen-bond acceptors (Lipinski definition) is 4. The van der Waals surface area contributed by atoms with Crippen LogP contribution in [0.3, 0.4) is 0 Å².